The minimum absolute atomic E-state index is 0.261. The van der Waals surface area contributed by atoms with Gasteiger partial charge in [-0.25, -0.2) is 0 Å². The molecule has 5 heteroatoms. The molecule has 0 bridgehead atoms. The molecule has 62 valence electrons. The molecule has 0 saturated heterocycles. The van der Waals surface area contributed by atoms with E-state index in [1.807, 2.05) is 13.8 Å². The van der Waals surface area contributed by atoms with Gasteiger partial charge in [0.05, 0.1) is 12.9 Å². The number of rotatable bonds is 5. The van der Waals surface area contributed by atoms with Crippen LogP contribution in [0.2, 0.25) is 0 Å². The van der Waals surface area contributed by atoms with Crippen molar-refractivity contribution >= 4 is 8.03 Å². The quantitative estimate of drug-likeness (QED) is 0.355. The van der Waals surface area contributed by atoms with Crippen molar-refractivity contribution in [2.45, 2.75) is 13.8 Å². The Bertz CT molecular complexity index is 108. The fourth-order valence-electron chi connectivity index (χ4n) is 0.394. The Morgan fingerprint density at radius 1 is 1.70 bits per heavy atom. The number of hydrogen-bond donors (Lipinski definition) is 2. The summed E-state index contributed by atoms with van der Waals surface area (Å²) in [5, 5.41) is 0. The first-order valence-corrected chi connectivity index (χ1v) is 4.78. The van der Waals surface area contributed by atoms with Gasteiger partial charge in [0.15, 0.2) is 0 Å². The van der Waals surface area contributed by atoms with Crippen LogP contribution in [-0.4, -0.2) is 12.9 Å². The van der Waals surface area contributed by atoms with Gasteiger partial charge in [-0.3, -0.25) is 15.8 Å². The molecule has 1 unspecified atom stereocenters. The topological polar surface area (TPSA) is 64.3 Å². The zero-order valence-corrected chi connectivity index (χ0v) is 7.39. The smallest absolute Gasteiger partial charge is 0.206 e. The highest BCUT2D eigenvalue weighted by atomic mass is 31.1. The van der Waals surface area contributed by atoms with Crippen molar-refractivity contribution in [3.05, 3.63) is 0 Å². The number of hydrazine groups is 1. The second-order valence-electron chi connectivity index (χ2n) is 2.46. The maximum atomic E-state index is 10.8. The largest absolute Gasteiger partial charge is 0.329 e. The lowest BCUT2D eigenvalue weighted by Gasteiger charge is -2.05. The van der Waals surface area contributed by atoms with E-state index in [9.17, 15) is 4.57 Å². The van der Waals surface area contributed by atoms with E-state index in [0.29, 0.717) is 12.5 Å². The molecular formula is C5H15N2O2P. The highest BCUT2D eigenvalue weighted by molar-refractivity contribution is 7.39. The van der Waals surface area contributed by atoms with E-state index in [1.165, 1.54) is 0 Å². The van der Waals surface area contributed by atoms with Gasteiger partial charge in [-0.05, 0) is 5.92 Å². The van der Waals surface area contributed by atoms with Crippen molar-refractivity contribution in [1.82, 2.24) is 5.43 Å². The lowest BCUT2D eigenvalue weighted by Crippen LogP contribution is -2.21. The van der Waals surface area contributed by atoms with Crippen molar-refractivity contribution in [2.24, 2.45) is 11.8 Å². The van der Waals surface area contributed by atoms with Crippen LogP contribution in [0, 0.1) is 5.92 Å². The lowest BCUT2D eigenvalue weighted by atomic mass is 10.2. The first-order chi connectivity index (χ1) is 4.66. The number of nitrogens with two attached hydrogens (primary N) is 1. The predicted octanol–water partition coefficient (Wildman–Crippen LogP) is 0.554. The molecule has 0 aliphatic heterocycles. The molecule has 0 aromatic rings. The van der Waals surface area contributed by atoms with E-state index in [0.717, 1.165) is 0 Å². The van der Waals surface area contributed by atoms with E-state index in [4.69, 9.17) is 10.4 Å². The second-order valence-corrected chi connectivity index (χ2v) is 3.84. The summed E-state index contributed by atoms with van der Waals surface area (Å²) in [5.41, 5.74) is 2.30. The molecule has 0 aromatic carbocycles. The zero-order valence-electron chi connectivity index (χ0n) is 6.39. The third kappa shape index (κ3) is 6.23. The van der Waals surface area contributed by atoms with Gasteiger partial charge in [-0.1, -0.05) is 13.8 Å². The van der Waals surface area contributed by atoms with Gasteiger partial charge in [0.25, 0.3) is 0 Å². The molecule has 4 nitrogen and oxygen atoms in total. The van der Waals surface area contributed by atoms with Gasteiger partial charge in [0.1, 0.15) is 0 Å². The van der Waals surface area contributed by atoms with E-state index in [2.05, 4.69) is 5.43 Å². The molecule has 0 saturated carbocycles. The fourth-order valence-corrected chi connectivity index (χ4v) is 1.18. The molecule has 0 spiro atoms. The third-order valence-electron chi connectivity index (χ3n) is 0.824. The molecule has 10 heavy (non-hydrogen) atoms. The van der Waals surface area contributed by atoms with E-state index in [-0.39, 0.29) is 6.29 Å². The average molecular weight is 166 g/mol. The van der Waals surface area contributed by atoms with Gasteiger partial charge >= 0.3 is 0 Å². The second kappa shape index (κ2) is 5.86. The van der Waals surface area contributed by atoms with Crippen molar-refractivity contribution in [2.75, 3.05) is 12.9 Å². The Hall–Kier alpha value is 0.110. The number of nitrogens with one attached hydrogen (secondary N) is 1. The Labute approximate surface area is 62.0 Å². The SMILES string of the molecule is CC(C)CO[PH](=O)CNN. The van der Waals surface area contributed by atoms with Crippen LogP contribution in [0.4, 0.5) is 0 Å². The monoisotopic (exact) mass is 166 g/mol. The molecule has 0 aliphatic carbocycles. The molecule has 0 amide bonds. The van der Waals surface area contributed by atoms with Gasteiger partial charge in [0, 0.05) is 0 Å². The minimum atomic E-state index is -1.92. The summed E-state index contributed by atoms with van der Waals surface area (Å²) in [7, 11) is -1.92. The van der Waals surface area contributed by atoms with E-state index >= 15 is 0 Å². The van der Waals surface area contributed by atoms with Crippen molar-refractivity contribution in [3.63, 3.8) is 0 Å². The van der Waals surface area contributed by atoms with Crippen molar-refractivity contribution in [3.8, 4) is 0 Å². The molecule has 1 atom stereocenters. The zero-order chi connectivity index (χ0) is 7.98. The molecule has 3 N–H and O–H groups in total. The maximum absolute atomic E-state index is 10.8. The fraction of sp³-hybridized carbons (Fsp3) is 1.00. The molecule has 0 heterocycles. The van der Waals surface area contributed by atoms with Crippen LogP contribution < -0.4 is 11.3 Å². The van der Waals surface area contributed by atoms with Crippen LogP contribution in [0.25, 0.3) is 0 Å². The van der Waals surface area contributed by atoms with E-state index < -0.39 is 8.03 Å². The van der Waals surface area contributed by atoms with Gasteiger partial charge in [-0.15, -0.1) is 0 Å². The minimum Gasteiger partial charge on any atom is -0.329 e. The molecule has 0 radical (unpaired) electrons. The summed E-state index contributed by atoms with van der Waals surface area (Å²) in [6.07, 6.45) is 0.261. The first-order valence-electron chi connectivity index (χ1n) is 3.26. The third-order valence-corrected chi connectivity index (χ3v) is 1.81. The standard InChI is InChI=1S/C5H15N2O2P/c1-5(2)3-9-10(8)4-7-6/h5,7,10H,3-4,6H2,1-2H3. The van der Waals surface area contributed by atoms with Crippen molar-refractivity contribution < 1.29 is 9.09 Å². The van der Waals surface area contributed by atoms with E-state index in [1.54, 1.807) is 0 Å². The van der Waals surface area contributed by atoms with Crippen molar-refractivity contribution in [1.29, 1.82) is 0 Å². The summed E-state index contributed by atoms with van der Waals surface area (Å²) in [6.45, 7) is 4.55. The Morgan fingerprint density at radius 3 is 2.70 bits per heavy atom. The highest BCUT2D eigenvalue weighted by Crippen LogP contribution is 2.20. The molecule has 0 aliphatic rings. The van der Waals surface area contributed by atoms with Crippen LogP contribution in [0.3, 0.4) is 0 Å². The summed E-state index contributed by atoms with van der Waals surface area (Å²) in [5.74, 6) is 5.35. The maximum Gasteiger partial charge on any atom is 0.206 e. The summed E-state index contributed by atoms with van der Waals surface area (Å²) in [4.78, 5) is 0. The van der Waals surface area contributed by atoms with Crippen LogP contribution in [-0.2, 0) is 9.09 Å². The summed E-state index contributed by atoms with van der Waals surface area (Å²) in [6, 6.07) is 0. The first kappa shape index (κ1) is 10.1. The molecule has 0 aromatic heterocycles. The van der Waals surface area contributed by atoms with Gasteiger partial charge < -0.3 is 4.52 Å². The molecule has 0 fully saturated rings. The van der Waals surface area contributed by atoms with Crippen LogP contribution >= 0.6 is 8.03 Å². The van der Waals surface area contributed by atoms with Crippen LogP contribution in [0.1, 0.15) is 13.8 Å². The average Bonchev–Trinajstić information content (AvgIpc) is 1.85. The molecular weight excluding hydrogens is 151 g/mol. The summed E-state index contributed by atoms with van der Waals surface area (Å²) < 4.78 is 15.7. The summed E-state index contributed by atoms with van der Waals surface area (Å²) >= 11 is 0. The number of hydrogen-bond acceptors (Lipinski definition) is 4. The van der Waals surface area contributed by atoms with Crippen LogP contribution in [0.15, 0.2) is 0 Å². The van der Waals surface area contributed by atoms with Crippen LogP contribution in [0.5, 0.6) is 0 Å². The normalized spacial score (nSPS) is 14.0. The Morgan fingerprint density at radius 2 is 2.30 bits per heavy atom. The Balaban J connectivity index is 3.22. The van der Waals surface area contributed by atoms with Gasteiger partial charge in [0.2, 0.25) is 8.03 Å². The Kier molecular flexibility index (Phi) is 5.93. The lowest BCUT2D eigenvalue weighted by molar-refractivity contribution is 0.281. The molecule has 0 rings (SSSR count). The highest BCUT2D eigenvalue weighted by Gasteiger charge is 1.98. The predicted molar refractivity (Wildman–Crippen MR) is 42.0 cm³/mol. The van der Waals surface area contributed by atoms with Gasteiger partial charge in [-0.2, -0.15) is 0 Å².